The summed E-state index contributed by atoms with van der Waals surface area (Å²) >= 11 is 0. The minimum absolute atomic E-state index is 0.234. The molecule has 0 bridgehead atoms. The second-order valence-corrected chi connectivity index (χ2v) is 4.26. The second kappa shape index (κ2) is 6.98. The van der Waals surface area contributed by atoms with Gasteiger partial charge in [0.2, 0.25) is 5.76 Å². The van der Waals surface area contributed by atoms with Crippen LogP contribution in [0.5, 0.6) is 5.75 Å². The number of esters is 1. The zero-order valence-corrected chi connectivity index (χ0v) is 11.9. The second-order valence-electron chi connectivity index (χ2n) is 4.26. The molecule has 0 unspecified atom stereocenters. The van der Waals surface area contributed by atoms with Gasteiger partial charge < -0.3 is 9.15 Å². The summed E-state index contributed by atoms with van der Waals surface area (Å²) in [7, 11) is 0. The van der Waals surface area contributed by atoms with E-state index in [0.717, 1.165) is 6.07 Å². The lowest BCUT2D eigenvalue weighted by Gasteiger charge is -2.01. The summed E-state index contributed by atoms with van der Waals surface area (Å²) in [6.07, 6.45) is 1.32. The van der Waals surface area contributed by atoms with Crippen molar-refractivity contribution in [2.24, 2.45) is 5.10 Å². The van der Waals surface area contributed by atoms with Crippen molar-refractivity contribution in [3.63, 3.8) is 0 Å². The van der Waals surface area contributed by atoms with Gasteiger partial charge in [-0.05, 0) is 23.8 Å². The highest BCUT2D eigenvalue weighted by Gasteiger charge is 2.16. The van der Waals surface area contributed by atoms with Crippen molar-refractivity contribution in [2.75, 3.05) is 0 Å². The van der Waals surface area contributed by atoms with Crippen LogP contribution in [0.1, 0.15) is 23.0 Å². The number of carbonyl (C=O) groups excluding carboxylic acids is 2. The number of benzene rings is 1. The van der Waals surface area contributed by atoms with Crippen LogP contribution in [0.4, 0.5) is 5.88 Å². The molecule has 0 saturated heterocycles. The largest absolute Gasteiger partial charge is 0.433 e. The van der Waals surface area contributed by atoms with E-state index >= 15 is 0 Å². The highest BCUT2D eigenvalue weighted by atomic mass is 16.6. The zero-order valence-electron chi connectivity index (χ0n) is 11.9. The summed E-state index contributed by atoms with van der Waals surface area (Å²) in [5, 5.41) is 14.2. The number of amides is 1. The fraction of sp³-hybridized carbons (Fsp3) is 0.0714. The number of hydrogen-bond donors (Lipinski definition) is 1. The Hall–Kier alpha value is -3.49. The van der Waals surface area contributed by atoms with E-state index in [1.165, 1.54) is 19.2 Å². The molecular formula is C14H11N3O6. The SMILES string of the molecule is CC(=O)Oc1cccc(/C=N/NC(=O)c2ccc([N+](=O)[O-])o2)c1. The van der Waals surface area contributed by atoms with Crippen molar-refractivity contribution >= 4 is 24.0 Å². The van der Waals surface area contributed by atoms with Crippen LogP contribution in [0.15, 0.2) is 45.9 Å². The van der Waals surface area contributed by atoms with E-state index in [4.69, 9.17) is 9.15 Å². The van der Waals surface area contributed by atoms with Gasteiger partial charge in [0.1, 0.15) is 10.7 Å². The number of rotatable bonds is 5. The molecule has 0 aliphatic rings. The Morgan fingerprint density at radius 3 is 2.78 bits per heavy atom. The van der Waals surface area contributed by atoms with E-state index < -0.39 is 22.7 Å². The molecule has 0 saturated carbocycles. The third kappa shape index (κ3) is 4.49. The Morgan fingerprint density at radius 2 is 2.13 bits per heavy atom. The summed E-state index contributed by atoms with van der Waals surface area (Å²) in [4.78, 5) is 32.2. The normalized spacial score (nSPS) is 10.5. The lowest BCUT2D eigenvalue weighted by Crippen LogP contribution is -2.16. The molecule has 2 rings (SSSR count). The van der Waals surface area contributed by atoms with Crippen molar-refractivity contribution < 1.29 is 23.7 Å². The molecule has 1 amide bonds. The van der Waals surface area contributed by atoms with Gasteiger partial charge in [-0.1, -0.05) is 12.1 Å². The van der Waals surface area contributed by atoms with Crippen molar-refractivity contribution in [3.05, 3.63) is 57.8 Å². The zero-order chi connectivity index (χ0) is 16.8. The van der Waals surface area contributed by atoms with Crippen molar-refractivity contribution in [2.45, 2.75) is 6.92 Å². The number of ether oxygens (including phenoxy) is 1. The molecule has 1 aromatic heterocycles. The molecule has 0 atom stereocenters. The number of furan rings is 1. The summed E-state index contributed by atoms with van der Waals surface area (Å²) in [5.74, 6) is -1.61. The van der Waals surface area contributed by atoms with Crippen LogP contribution in [0, 0.1) is 10.1 Å². The van der Waals surface area contributed by atoms with Crippen LogP contribution in [0.3, 0.4) is 0 Å². The summed E-state index contributed by atoms with van der Waals surface area (Å²) < 4.78 is 9.64. The van der Waals surface area contributed by atoms with Crippen LogP contribution in [0.2, 0.25) is 0 Å². The Labute approximate surface area is 129 Å². The van der Waals surface area contributed by atoms with Crippen molar-refractivity contribution in [1.29, 1.82) is 0 Å². The van der Waals surface area contributed by atoms with Crippen LogP contribution in [0.25, 0.3) is 0 Å². The molecule has 1 aromatic carbocycles. The Bertz CT molecular complexity index is 780. The van der Waals surface area contributed by atoms with Gasteiger partial charge in [0.25, 0.3) is 0 Å². The number of nitrogens with zero attached hydrogens (tertiary/aromatic N) is 2. The maximum atomic E-state index is 11.7. The van der Waals surface area contributed by atoms with Gasteiger partial charge in [-0.3, -0.25) is 19.7 Å². The number of carbonyl (C=O) groups is 2. The van der Waals surface area contributed by atoms with E-state index in [2.05, 4.69) is 10.5 Å². The van der Waals surface area contributed by atoms with Gasteiger partial charge in [-0.2, -0.15) is 5.10 Å². The molecule has 1 N–H and O–H groups in total. The minimum Gasteiger partial charge on any atom is -0.427 e. The standard InChI is InChI=1S/C14H11N3O6/c1-9(18)22-11-4-2-3-10(7-11)8-15-16-14(19)12-5-6-13(23-12)17(20)21/h2-8H,1H3,(H,16,19)/b15-8+. The Morgan fingerprint density at radius 1 is 1.35 bits per heavy atom. The quantitative estimate of drug-likeness (QED) is 0.295. The van der Waals surface area contributed by atoms with E-state index in [1.807, 2.05) is 0 Å². The molecule has 0 fully saturated rings. The highest BCUT2D eigenvalue weighted by molar-refractivity contribution is 5.92. The number of hydrazone groups is 1. The minimum atomic E-state index is -0.749. The van der Waals surface area contributed by atoms with Crippen LogP contribution in [-0.4, -0.2) is 23.0 Å². The predicted molar refractivity (Wildman–Crippen MR) is 78.2 cm³/mol. The Balaban J connectivity index is 1.99. The first kappa shape index (κ1) is 15.9. The average Bonchev–Trinajstić information content (AvgIpc) is 2.97. The molecule has 0 aliphatic heterocycles. The molecule has 9 heteroatoms. The monoisotopic (exact) mass is 317 g/mol. The highest BCUT2D eigenvalue weighted by Crippen LogP contribution is 2.15. The van der Waals surface area contributed by atoms with Gasteiger partial charge in [0.15, 0.2) is 0 Å². The van der Waals surface area contributed by atoms with Gasteiger partial charge in [0.05, 0.1) is 12.3 Å². The van der Waals surface area contributed by atoms with Gasteiger partial charge in [0, 0.05) is 6.92 Å². The van der Waals surface area contributed by atoms with Crippen LogP contribution >= 0.6 is 0 Å². The maximum absolute atomic E-state index is 11.7. The van der Waals surface area contributed by atoms with Gasteiger partial charge in [-0.25, -0.2) is 5.43 Å². The third-order valence-electron chi connectivity index (χ3n) is 2.49. The smallest absolute Gasteiger partial charge is 0.427 e. The number of hydrogen-bond acceptors (Lipinski definition) is 7. The molecule has 9 nitrogen and oxygen atoms in total. The van der Waals surface area contributed by atoms with Crippen molar-refractivity contribution in [3.8, 4) is 5.75 Å². The number of nitrogens with one attached hydrogen (secondary N) is 1. The molecule has 1 heterocycles. The molecule has 0 aliphatic carbocycles. The Kier molecular flexibility index (Phi) is 4.82. The van der Waals surface area contributed by atoms with Crippen LogP contribution < -0.4 is 10.2 Å². The molecule has 118 valence electrons. The van der Waals surface area contributed by atoms with Gasteiger partial charge in [-0.15, -0.1) is 0 Å². The van der Waals surface area contributed by atoms with E-state index in [9.17, 15) is 19.7 Å². The third-order valence-corrected chi connectivity index (χ3v) is 2.49. The molecule has 0 radical (unpaired) electrons. The van der Waals surface area contributed by atoms with E-state index in [-0.39, 0.29) is 5.76 Å². The molecule has 23 heavy (non-hydrogen) atoms. The maximum Gasteiger partial charge on any atom is 0.433 e. The van der Waals surface area contributed by atoms with E-state index in [1.54, 1.807) is 24.3 Å². The summed E-state index contributed by atoms with van der Waals surface area (Å²) in [6.45, 7) is 1.28. The van der Waals surface area contributed by atoms with Crippen molar-refractivity contribution in [1.82, 2.24) is 5.43 Å². The number of nitro groups is 1. The first-order valence-corrected chi connectivity index (χ1v) is 6.32. The molecular weight excluding hydrogens is 306 g/mol. The van der Waals surface area contributed by atoms with Gasteiger partial charge >= 0.3 is 17.8 Å². The molecule has 2 aromatic rings. The first-order chi connectivity index (χ1) is 11.0. The summed E-state index contributed by atoms with van der Waals surface area (Å²) in [6, 6.07) is 8.72. The predicted octanol–water partition coefficient (Wildman–Crippen LogP) is 1.88. The lowest BCUT2D eigenvalue weighted by atomic mass is 10.2. The molecule has 0 spiro atoms. The first-order valence-electron chi connectivity index (χ1n) is 6.32. The topological polar surface area (TPSA) is 124 Å². The average molecular weight is 317 g/mol. The van der Waals surface area contributed by atoms with E-state index in [0.29, 0.717) is 11.3 Å². The fourth-order valence-electron chi connectivity index (χ4n) is 1.59. The fourth-order valence-corrected chi connectivity index (χ4v) is 1.59. The van der Waals surface area contributed by atoms with Crippen LogP contribution in [-0.2, 0) is 4.79 Å². The summed E-state index contributed by atoms with van der Waals surface area (Å²) in [5.41, 5.74) is 2.74. The lowest BCUT2D eigenvalue weighted by molar-refractivity contribution is -0.402.